The zero-order chi connectivity index (χ0) is 18.5. The minimum absolute atomic E-state index is 0.331. The van der Waals surface area contributed by atoms with E-state index >= 15 is 0 Å². The summed E-state index contributed by atoms with van der Waals surface area (Å²) in [4.78, 5) is 12.4. The molecule has 0 atom stereocenters. The number of carbonyl (C=O) groups excluding carboxylic acids is 1. The lowest BCUT2D eigenvalue weighted by Gasteiger charge is -2.11. The molecular formula is C20H22N4O2. The zero-order valence-electron chi connectivity index (χ0n) is 15.1. The third-order valence-corrected chi connectivity index (χ3v) is 3.98. The summed E-state index contributed by atoms with van der Waals surface area (Å²) in [6.07, 6.45) is 0.939. The molecule has 3 rings (SSSR count). The molecule has 2 amide bonds. The molecule has 0 bridgehead atoms. The van der Waals surface area contributed by atoms with E-state index in [4.69, 9.17) is 4.74 Å². The van der Waals surface area contributed by atoms with Crippen molar-refractivity contribution in [3.63, 3.8) is 0 Å². The third kappa shape index (κ3) is 4.03. The average Bonchev–Trinajstić information content (AvgIpc) is 3.02. The molecule has 2 aromatic carbocycles. The Kier molecular flexibility index (Phi) is 5.22. The van der Waals surface area contributed by atoms with Crippen molar-refractivity contribution in [1.29, 1.82) is 0 Å². The van der Waals surface area contributed by atoms with Crippen molar-refractivity contribution in [3.05, 3.63) is 65.9 Å². The monoisotopic (exact) mass is 350 g/mol. The number of nitrogens with zero attached hydrogens (tertiary/aromatic N) is 2. The normalized spacial score (nSPS) is 10.4. The maximum atomic E-state index is 12.4. The lowest BCUT2D eigenvalue weighted by molar-refractivity contribution is 0.262. The van der Waals surface area contributed by atoms with Gasteiger partial charge in [0, 0.05) is 11.8 Å². The first-order valence-corrected chi connectivity index (χ1v) is 8.47. The first-order valence-electron chi connectivity index (χ1n) is 8.47. The van der Waals surface area contributed by atoms with Crippen molar-refractivity contribution in [2.24, 2.45) is 0 Å². The fourth-order valence-electron chi connectivity index (χ4n) is 2.65. The summed E-state index contributed by atoms with van der Waals surface area (Å²) in [5.74, 6) is 1.35. The lowest BCUT2D eigenvalue weighted by atomic mass is 10.1. The van der Waals surface area contributed by atoms with Gasteiger partial charge in [-0.2, -0.15) is 5.10 Å². The number of aromatic nitrogens is 2. The van der Waals surface area contributed by atoms with Crippen LogP contribution in [0.1, 0.15) is 18.2 Å². The summed E-state index contributed by atoms with van der Waals surface area (Å²) in [5.41, 5.74) is 3.63. The first kappa shape index (κ1) is 17.5. The van der Waals surface area contributed by atoms with Crippen LogP contribution in [0.3, 0.4) is 0 Å². The van der Waals surface area contributed by atoms with Gasteiger partial charge in [0.25, 0.3) is 0 Å². The molecule has 3 aromatic rings. The second kappa shape index (κ2) is 7.74. The highest BCUT2D eigenvalue weighted by molar-refractivity contribution is 5.99. The standard InChI is InChI=1S/C20H22N4O2/c1-4-15-6-5-7-17(13-15)24-19(12-14(2)23-24)22-20(25)21-16-8-10-18(26-3)11-9-16/h5-13H,4H2,1-3H3,(H2,21,22,25). The van der Waals surface area contributed by atoms with E-state index in [2.05, 4.69) is 34.8 Å². The SMILES string of the molecule is CCc1cccc(-n2nc(C)cc2NC(=O)Nc2ccc(OC)cc2)c1. The van der Waals surface area contributed by atoms with Gasteiger partial charge in [-0.25, -0.2) is 9.48 Å². The number of carbonyl (C=O) groups is 1. The fraction of sp³-hybridized carbons (Fsp3) is 0.200. The van der Waals surface area contributed by atoms with Crippen LogP contribution < -0.4 is 15.4 Å². The Bertz CT molecular complexity index is 900. The van der Waals surface area contributed by atoms with Crippen LogP contribution in [-0.4, -0.2) is 22.9 Å². The Morgan fingerprint density at radius 3 is 2.58 bits per heavy atom. The molecule has 26 heavy (non-hydrogen) atoms. The molecule has 0 saturated carbocycles. The minimum atomic E-state index is -0.331. The number of nitrogens with one attached hydrogen (secondary N) is 2. The summed E-state index contributed by atoms with van der Waals surface area (Å²) in [6.45, 7) is 4.00. The van der Waals surface area contributed by atoms with Crippen LogP contribution in [0.4, 0.5) is 16.3 Å². The van der Waals surface area contributed by atoms with Gasteiger partial charge in [-0.15, -0.1) is 0 Å². The van der Waals surface area contributed by atoms with E-state index in [0.29, 0.717) is 11.5 Å². The molecule has 134 valence electrons. The van der Waals surface area contributed by atoms with Gasteiger partial charge in [-0.3, -0.25) is 5.32 Å². The number of ether oxygens (including phenoxy) is 1. The van der Waals surface area contributed by atoms with Crippen LogP contribution in [0.5, 0.6) is 5.75 Å². The summed E-state index contributed by atoms with van der Waals surface area (Å²) in [6, 6.07) is 16.8. The molecular weight excluding hydrogens is 328 g/mol. The van der Waals surface area contributed by atoms with Crippen LogP contribution in [0.25, 0.3) is 5.69 Å². The predicted molar refractivity (Wildman–Crippen MR) is 103 cm³/mol. The minimum Gasteiger partial charge on any atom is -0.497 e. The Morgan fingerprint density at radius 1 is 1.12 bits per heavy atom. The van der Waals surface area contributed by atoms with E-state index in [1.165, 1.54) is 5.56 Å². The number of methoxy groups -OCH3 is 1. The lowest BCUT2D eigenvalue weighted by Crippen LogP contribution is -2.21. The zero-order valence-corrected chi connectivity index (χ0v) is 15.1. The van der Waals surface area contributed by atoms with E-state index < -0.39 is 0 Å². The van der Waals surface area contributed by atoms with Crippen molar-refractivity contribution in [2.75, 3.05) is 17.7 Å². The maximum absolute atomic E-state index is 12.4. The van der Waals surface area contributed by atoms with E-state index in [0.717, 1.165) is 23.6 Å². The number of benzene rings is 2. The second-order valence-corrected chi connectivity index (χ2v) is 5.91. The van der Waals surface area contributed by atoms with E-state index in [1.807, 2.05) is 25.1 Å². The molecule has 0 fully saturated rings. The topological polar surface area (TPSA) is 68.2 Å². The number of hydrogen-bond donors (Lipinski definition) is 2. The van der Waals surface area contributed by atoms with E-state index in [1.54, 1.807) is 36.1 Å². The summed E-state index contributed by atoms with van der Waals surface area (Å²) < 4.78 is 6.85. The molecule has 0 saturated heterocycles. The maximum Gasteiger partial charge on any atom is 0.324 e. The molecule has 0 radical (unpaired) electrons. The Hall–Kier alpha value is -3.28. The van der Waals surface area contributed by atoms with Crippen LogP contribution in [-0.2, 0) is 6.42 Å². The number of hydrogen-bond acceptors (Lipinski definition) is 3. The molecule has 6 heteroatoms. The van der Waals surface area contributed by atoms with Gasteiger partial charge in [0.15, 0.2) is 0 Å². The molecule has 1 aromatic heterocycles. The van der Waals surface area contributed by atoms with Crippen LogP contribution in [0, 0.1) is 6.92 Å². The highest BCUT2D eigenvalue weighted by atomic mass is 16.5. The van der Waals surface area contributed by atoms with Gasteiger partial charge in [-0.05, 0) is 55.3 Å². The molecule has 6 nitrogen and oxygen atoms in total. The van der Waals surface area contributed by atoms with E-state index in [-0.39, 0.29) is 6.03 Å². The van der Waals surface area contributed by atoms with Gasteiger partial charge in [-0.1, -0.05) is 19.1 Å². The third-order valence-electron chi connectivity index (χ3n) is 3.98. The molecule has 0 aliphatic carbocycles. The number of aryl methyl sites for hydroxylation is 2. The smallest absolute Gasteiger partial charge is 0.324 e. The number of amides is 2. The first-order chi connectivity index (χ1) is 12.6. The van der Waals surface area contributed by atoms with Crippen molar-refractivity contribution in [3.8, 4) is 11.4 Å². The summed E-state index contributed by atoms with van der Waals surface area (Å²) in [5, 5.41) is 10.2. The fourth-order valence-corrected chi connectivity index (χ4v) is 2.65. The van der Waals surface area contributed by atoms with Crippen LogP contribution >= 0.6 is 0 Å². The number of anilines is 2. The van der Waals surface area contributed by atoms with Gasteiger partial charge in [0.1, 0.15) is 11.6 Å². The molecule has 0 spiro atoms. The quantitative estimate of drug-likeness (QED) is 0.717. The average molecular weight is 350 g/mol. The van der Waals surface area contributed by atoms with Gasteiger partial charge in [0.05, 0.1) is 18.5 Å². The van der Waals surface area contributed by atoms with Crippen molar-refractivity contribution < 1.29 is 9.53 Å². The van der Waals surface area contributed by atoms with Gasteiger partial charge < -0.3 is 10.1 Å². The molecule has 1 heterocycles. The van der Waals surface area contributed by atoms with E-state index in [9.17, 15) is 4.79 Å². The van der Waals surface area contributed by atoms with Crippen LogP contribution in [0.2, 0.25) is 0 Å². The number of rotatable bonds is 5. The van der Waals surface area contributed by atoms with Crippen molar-refractivity contribution >= 4 is 17.5 Å². The molecule has 2 N–H and O–H groups in total. The highest BCUT2D eigenvalue weighted by Gasteiger charge is 2.11. The molecule has 0 aliphatic heterocycles. The second-order valence-electron chi connectivity index (χ2n) is 5.91. The number of urea groups is 1. The predicted octanol–water partition coefficient (Wildman–Crippen LogP) is 4.40. The Balaban J connectivity index is 1.77. The summed E-state index contributed by atoms with van der Waals surface area (Å²) in [7, 11) is 1.60. The molecule has 0 aliphatic rings. The molecule has 0 unspecified atom stereocenters. The van der Waals surface area contributed by atoms with Gasteiger partial charge >= 0.3 is 6.03 Å². The Labute approximate surface area is 152 Å². The summed E-state index contributed by atoms with van der Waals surface area (Å²) >= 11 is 0. The largest absolute Gasteiger partial charge is 0.497 e. The van der Waals surface area contributed by atoms with Gasteiger partial charge in [0.2, 0.25) is 0 Å². The highest BCUT2D eigenvalue weighted by Crippen LogP contribution is 2.19. The Morgan fingerprint density at radius 2 is 1.88 bits per heavy atom. The van der Waals surface area contributed by atoms with Crippen molar-refractivity contribution in [1.82, 2.24) is 9.78 Å². The van der Waals surface area contributed by atoms with Crippen LogP contribution in [0.15, 0.2) is 54.6 Å². The van der Waals surface area contributed by atoms with Crippen molar-refractivity contribution in [2.45, 2.75) is 20.3 Å².